The van der Waals surface area contributed by atoms with Crippen molar-refractivity contribution in [3.05, 3.63) is 112 Å². The molecule has 0 saturated carbocycles. The zero-order valence-corrected chi connectivity index (χ0v) is 25.1. The summed E-state index contributed by atoms with van der Waals surface area (Å²) in [6, 6.07) is 25.7. The minimum atomic E-state index is -0.690. The maximum absolute atomic E-state index is 13.2. The van der Waals surface area contributed by atoms with Crippen molar-refractivity contribution in [1.82, 2.24) is 5.06 Å². The minimum Gasteiger partial charge on any atom is -0.467 e. The molecule has 0 spiro atoms. The number of hydrogen-bond acceptors (Lipinski definition) is 8. The lowest BCUT2D eigenvalue weighted by molar-refractivity contribution is -0.230. The number of carbonyl (C=O) groups is 3. The Labute approximate surface area is 251 Å². The molecule has 8 heteroatoms. The predicted molar refractivity (Wildman–Crippen MR) is 167 cm³/mol. The van der Waals surface area contributed by atoms with Crippen LogP contribution in [0.1, 0.15) is 47.1 Å². The highest BCUT2D eigenvalue weighted by atomic mass is 32.1. The van der Waals surface area contributed by atoms with Gasteiger partial charge in [-0.3, -0.25) is 9.63 Å². The minimum absolute atomic E-state index is 0.124. The van der Waals surface area contributed by atoms with Crippen LogP contribution in [0.5, 0.6) is 0 Å². The summed E-state index contributed by atoms with van der Waals surface area (Å²) in [4.78, 5) is 44.1. The number of nitrogens with one attached hydrogen (secondary N) is 1. The van der Waals surface area contributed by atoms with E-state index in [4.69, 9.17) is 9.57 Å². The smallest absolute Gasteiger partial charge is 0.328 e. The molecule has 4 rings (SSSR count). The predicted octanol–water partition coefficient (Wildman–Crippen LogP) is 6.57. The number of nitrogens with zero attached hydrogens (tertiary/aromatic N) is 1. The van der Waals surface area contributed by atoms with E-state index in [1.54, 1.807) is 46.7 Å². The van der Waals surface area contributed by atoms with Crippen molar-refractivity contribution in [3.8, 4) is 11.1 Å². The van der Waals surface area contributed by atoms with Crippen LogP contribution in [0, 0.1) is 0 Å². The summed E-state index contributed by atoms with van der Waals surface area (Å²) in [6.45, 7) is 6.57. The van der Waals surface area contributed by atoms with E-state index in [0.717, 1.165) is 27.9 Å². The Morgan fingerprint density at radius 1 is 0.952 bits per heavy atom. The first-order valence-electron chi connectivity index (χ1n) is 13.7. The van der Waals surface area contributed by atoms with E-state index in [1.807, 2.05) is 69.3 Å². The molecule has 0 aliphatic carbocycles. The molecular weight excluding hydrogens is 548 g/mol. The van der Waals surface area contributed by atoms with E-state index in [9.17, 15) is 14.4 Å². The number of ether oxygens (including phenoxy) is 1. The van der Waals surface area contributed by atoms with E-state index in [2.05, 4.69) is 16.8 Å². The molecule has 0 bridgehead atoms. The maximum Gasteiger partial charge on any atom is 0.328 e. The van der Waals surface area contributed by atoms with Crippen LogP contribution < -0.4 is 5.32 Å². The van der Waals surface area contributed by atoms with Gasteiger partial charge in [0.25, 0.3) is 0 Å². The van der Waals surface area contributed by atoms with Crippen LogP contribution in [-0.2, 0) is 32.1 Å². The Morgan fingerprint density at radius 2 is 1.64 bits per heavy atom. The highest BCUT2D eigenvalue weighted by molar-refractivity contribution is 7.10. The fourth-order valence-electron chi connectivity index (χ4n) is 4.54. The van der Waals surface area contributed by atoms with Crippen LogP contribution in [0.2, 0.25) is 0 Å². The third-order valence-corrected chi connectivity index (χ3v) is 7.34. The second kappa shape index (κ2) is 14.2. The Kier molecular flexibility index (Phi) is 10.4. The standard InChI is InChI=1S/C34H36N2O5S/c1-34(2,3)41-36(18-19-37)22-28-21-27(23-42-28)25-16-14-24(15-17-25)20-31(33(39)40-4)35-30-13-9-8-12-29(30)32(38)26-10-6-5-7-11-26/h5-17,19,21,23,31,35H,18,20,22H2,1-4H3/t31-/m0/s1. The van der Waals surface area contributed by atoms with E-state index < -0.39 is 17.6 Å². The van der Waals surface area contributed by atoms with Gasteiger partial charge in [-0.25, -0.2) is 4.79 Å². The number of para-hydroxylation sites is 1. The molecule has 0 radical (unpaired) electrons. The molecule has 1 atom stereocenters. The number of esters is 1. The van der Waals surface area contributed by atoms with Gasteiger partial charge < -0.3 is 14.8 Å². The Bertz CT molecular complexity index is 1490. The molecule has 4 aromatic rings. The molecular formula is C34H36N2O5S. The van der Waals surface area contributed by atoms with E-state index in [1.165, 1.54) is 7.11 Å². The van der Waals surface area contributed by atoms with Crippen molar-refractivity contribution in [2.75, 3.05) is 19.0 Å². The molecule has 0 unspecified atom stereocenters. The van der Waals surface area contributed by atoms with Crippen molar-refractivity contribution in [3.63, 3.8) is 0 Å². The number of thiophene rings is 1. The summed E-state index contributed by atoms with van der Waals surface area (Å²) < 4.78 is 5.10. The van der Waals surface area contributed by atoms with Gasteiger partial charge in [-0.15, -0.1) is 11.3 Å². The fourth-order valence-corrected chi connectivity index (χ4v) is 5.43. The SMILES string of the molecule is COC(=O)[C@H](Cc1ccc(-c2csc(CN(CC=O)OC(C)(C)C)c2)cc1)Nc1ccccc1C(=O)c1ccccc1. The monoisotopic (exact) mass is 584 g/mol. The van der Waals surface area contributed by atoms with E-state index in [-0.39, 0.29) is 12.3 Å². The number of benzene rings is 3. The largest absolute Gasteiger partial charge is 0.467 e. The normalized spacial score (nSPS) is 12.1. The molecule has 0 aliphatic rings. The van der Waals surface area contributed by atoms with Crippen LogP contribution in [0.3, 0.4) is 0 Å². The topological polar surface area (TPSA) is 84.9 Å². The van der Waals surface area contributed by atoms with Crippen LogP contribution in [-0.4, -0.2) is 48.4 Å². The highest BCUT2D eigenvalue weighted by Gasteiger charge is 2.23. The van der Waals surface area contributed by atoms with Crippen molar-refractivity contribution in [1.29, 1.82) is 0 Å². The van der Waals surface area contributed by atoms with E-state index >= 15 is 0 Å². The third-order valence-electron chi connectivity index (χ3n) is 6.42. The summed E-state index contributed by atoms with van der Waals surface area (Å²) in [6.07, 6.45) is 1.22. The number of methoxy groups -OCH3 is 1. The summed E-state index contributed by atoms with van der Waals surface area (Å²) >= 11 is 1.61. The molecule has 7 nitrogen and oxygen atoms in total. The van der Waals surface area contributed by atoms with Gasteiger partial charge in [-0.05, 0) is 61.0 Å². The average molecular weight is 585 g/mol. The highest BCUT2D eigenvalue weighted by Crippen LogP contribution is 2.28. The number of carbonyl (C=O) groups excluding carboxylic acids is 3. The van der Waals surface area contributed by atoms with Crippen molar-refractivity contribution in [2.45, 2.75) is 45.4 Å². The molecule has 42 heavy (non-hydrogen) atoms. The van der Waals surface area contributed by atoms with Gasteiger partial charge in [0, 0.05) is 28.1 Å². The zero-order chi connectivity index (χ0) is 30.1. The van der Waals surface area contributed by atoms with Crippen molar-refractivity contribution >= 4 is 35.1 Å². The Hall–Kier alpha value is -4.11. The first kappa shape index (κ1) is 30.8. The third kappa shape index (κ3) is 8.45. The van der Waals surface area contributed by atoms with Gasteiger partial charge in [0.2, 0.25) is 0 Å². The van der Waals surface area contributed by atoms with Gasteiger partial charge >= 0.3 is 5.97 Å². The number of rotatable bonds is 13. The lowest BCUT2D eigenvalue weighted by Crippen LogP contribution is -2.34. The molecule has 0 saturated heterocycles. The van der Waals surface area contributed by atoms with Crippen LogP contribution in [0.25, 0.3) is 11.1 Å². The first-order chi connectivity index (χ1) is 20.2. The summed E-state index contributed by atoms with van der Waals surface area (Å²) in [7, 11) is 1.36. The lowest BCUT2D eigenvalue weighted by Gasteiger charge is -2.28. The van der Waals surface area contributed by atoms with E-state index in [0.29, 0.717) is 29.8 Å². The number of ketones is 1. The van der Waals surface area contributed by atoms with Gasteiger partial charge in [-0.1, -0.05) is 66.7 Å². The average Bonchev–Trinajstić information content (AvgIpc) is 3.45. The van der Waals surface area contributed by atoms with Gasteiger partial charge in [0.05, 0.1) is 25.8 Å². The molecule has 0 amide bonds. The number of hydrogen-bond donors (Lipinski definition) is 1. The van der Waals surface area contributed by atoms with Crippen molar-refractivity contribution < 1.29 is 24.0 Å². The van der Waals surface area contributed by atoms with Crippen LogP contribution in [0.15, 0.2) is 90.3 Å². The molecule has 1 heterocycles. The first-order valence-corrected chi connectivity index (χ1v) is 14.6. The maximum atomic E-state index is 13.2. The van der Waals surface area contributed by atoms with Crippen LogP contribution >= 0.6 is 11.3 Å². The molecule has 218 valence electrons. The quantitative estimate of drug-likeness (QED) is 0.0823. The molecule has 3 aromatic carbocycles. The molecule has 0 fully saturated rings. The van der Waals surface area contributed by atoms with Crippen molar-refractivity contribution in [2.24, 2.45) is 0 Å². The van der Waals surface area contributed by atoms with Crippen LogP contribution in [0.4, 0.5) is 5.69 Å². The molecule has 1 aromatic heterocycles. The Balaban J connectivity index is 1.47. The number of aldehydes is 1. The molecule has 1 N–H and O–H groups in total. The lowest BCUT2D eigenvalue weighted by atomic mass is 9.99. The molecule has 0 aliphatic heterocycles. The number of hydroxylamine groups is 2. The zero-order valence-electron chi connectivity index (χ0n) is 24.3. The van der Waals surface area contributed by atoms with Gasteiger partial charge in [-0.2, -0.15) is 5.06 Å². The second-order valence-corrected chi connectivity index (χ2v) is 11.9. The summed E-state index contributed by atoms with van der Waals surface area (Å²) in [5.74, 6) is -0.540. The second-order valence-electron chi connectivity index (χ2n) is 10.9. The fraction of sp³-hybridized carbons (Fsp3) is 0.265. The number of anilines is 1. The van der Waals surface area contributed by atoms with Gasteiger partial charge in [0.15, 0.2) is 5.78 Å². The summed E-state index contributed by atoms with van der Waals surface area (Å²) in [5, 5.41) is 7.02. The summed E-state index contributed by atoms with van der Waals surface area (Å²) in [5.41, 5.74) is 4.30. The van der Waals surface area contributed by atoms with Gasteiger partial charge in [0.1, 0.15) is 12.3 Å². The Morgan fingerprint density at radius 3 is 2.31 bits per heavy atom.